The maximum atomic E-state index is 13.3. The van der Waals surface area contributed by atoms with Gasteiger partial charge in [-0.2, -0.15) is 0 Å². The average molecular weight is 422 g/mol. The van der Waals surface area contributed by atoms with E-state index in [-0.39, 0.29) is 12.3 Å². The molecule has 0 saturated carbocycles. The normalized spacial score (nSPS) is 11.0. The molecule has 0 aliphatic rings. The molecule has 0 aliphatic heterocycles. The first-order chi connectivity index (χ1) is 14.0. The average Bonchev–Trinajstić information content (AvgIpc) is 3.12. The molecule has 4 rings (SSSR count). The molecule has 29 heavy (non-hydrogen) atoms. The summed E-state index contributed by atoms with van der Waals surface area (Å²) in [5.74, 6) is -0.0459. The van der Waals surface area contributed by atoms with Crippen molar-refractivity contribution < 1.29 is 4.79 Å². The summed E-state index contributed by atoms with van der Waals surface area (Å²) in [6, 6.07) is 15.5. The number of hydrogen-bond donors (Lipinski definition) is 0. The smallest absolute Gasteiger partial charge is 0.233 e. The van der Waals surface area contributed by atoms with Crippen molar-refractivity contribution in [1.29, 1.82) is 0 Å². The molecular weight excluding hydrogens is 402 g/mol. The largest absolute Gasteiger partial charge is 0.283 e. The second kappa shape index (κ2) is 8.31. The fourth-order valence-electron chi connectivity index (χ4n) is 3.32. The Kier molecular flexibility index (Phi) is 5.60. The number of thiazole rings is 1. The summed E-state index contributed by atoms with van der Waals surface area (Å²) < 4.78 is 1.10. The van der Waals surface area contributed by atoms with Gasteiger partial charge in [-0.3, -0.25) is 14.7 Å². The van der Waals surface area contributed by atoms with Gasteiger partial charge < -0.3 is 0 Å². The lowest BCUT2D eigenvalue weighted by Gasteiger charge is -2.20. The predicted octanol–water partition coefficient (Wildman–Crippen LogP) is 5.74. The van der Waals surface area contributed by atoms with Crippen molar-refractivity contribution in [2.75, 3.05) is 4.90 Å². The molecule has 2 aromatic heterocycles. The van der Waals surface area contributed by atoms with Crippen molar-refractivity contribution >= 4 is 44.2 Å². The fraction of sp³-hybridized carbons (Fsp3) is 0.174. The number of pyridine rings is 1. The van der Waals surface area contributed by atoms with E-state index in [0.29, 0.717) is 16.7 Å². The maximum absolute atomic E-state index is 13.3. The van der Waals surface area contributed by atoms with Gasteiger partial charge in [-0.15, -0.1) is 0 Å². The van der Waals surface area contributed by atoms with Crippen LogP contribution in [0.1, 0.15) is 22.3 Å². The Morgan fingerprint density at radius 1 is 1.14 bits per heavy atom. The highest BCUT2D eigenvalue weighted by Crippen LogP contribution is 2.33. The van der Waals surface area contributed by atoms with E-state index in [9.17, 15) is 4.79 Å². The number of fused-ring (bicyclic) bond motifs is 1. The van der Waals surface area contributed by atoms with E-state index in [4.69, 9.17) is 16.6 Å². The Morgan fingerprint density at radius 3 is 2.72 bits per heavy atom. The van der Waals surface area contributed by atoms with Gasteiger partial charge in [-0.05, 0) is 54.3 Å². The number of anilines is 1. The number of halogens is 1. The first-order valence-corrected chi connectivity index (χ1v) is 10.5. The molecular formula is C23H20ClN3OS. The van der Waals surface area contributed by atoms with E-state index in [2.05, 4.69) is 31.0 Å². The molecule has 0 fully saturated rings. The van der Waals surface area contributed by atoms with E-state index >= 15 is 0 Å². The van der Waals surface area contributed by atoms with Gasteiger partial charge in [-0.1, -0.05) is 53.3 Å². The van der Waals surface area contributed by atoms with E-state index in [1.54, 1.807) is 34.7 Å². The van der Waals surface area contributed by atoms with Crippen LogP contribution >= 0.6 is 22.9 Å². The van der Waals surface area contributed by atoms with Crippen LogP contribution in [0.3, 0.4) is 0 Å². The van der Waals surface area contributed by atoms with Crippen LogP contribution in [0.2, 0.25) is 5.02 Å². The number of aromatic nitrogens is 2. The summed E-state index contributed by atoms with van der Waals surface area (Å²) in [6.45, 7) is 4.55. The van der Waals surface area contributed by atoms with Crippen molar-refractivity contribution in [3.8, 4) is 0 Å². The lowest BCUT2D eigenvalue weighted by Crippen LogP contribution is -2.31. The summed E-state index contributed by atoms with van der Waals surface area (Å²) in [4.78, 5) is 24.0. The van der Waals surface area contributed by atoms with Crippen LogP contribution in [0.15, 0.2) is 60.9 Å². The third-order valence-corrected chi connectivity index (χ3v) is 6.30. The van der Waals surface area contributed by atoms with Gasteiger partial charge in [0.05, 0.1) is 23.2 Å². The molecule has 6 heteroatoms. The minimum absolute atomic E-state index is 0.0459. The number of amides is 1. The van der Waals surface area contributed by atoms with Crippen molar-refractivity contribution in [1.82, 2.24) is 9.97 Å². The van der Waals surface area contributed by atoms with E-state index < -0.39 is 0 Å². The van der Waals surface area contributed by atoms with Gasteiger partial charge in [0.15, 0.2) is 5.13 Å². The Bertz CT molecular complexity index is 1170. The molecule has 0 aliphatic carbocycles. The van der Waals surface area contributed by atoms with E-state index in [0.717, 1.165) is 26.9 Å². The molecule has 0 spiro atoms. The molecule has 2 heterocycles. The van der Waals surface area contributed by atoms with Crippen LogP contribution in [-0.2, 0) is 17.8 Å². The number of hydrogen-bond acceptors (Lipinski definition) is 4. The predicted molar refractivity (Wildman–Crippen MR) is 120 cm³/mol. The number of carbonyl (C=O) groups excluding carboxylic acids is 1. The number of benzene rings is 2. The quantitative estimate of drug-likeness (QED) is 0.413. The molecule has 4 nitrogen and oxygen atoms in total. The Morgan fingerprint density at radius 2 is 1.97 bits per heavy atom. The first-order valence-electron chi connectivity index (χ1n) is 9.32. The molecule has 0 saturated heterocycles. The third-order valence-electron chi connectivity index (χ3n) is 4.70. The Balaban J connectivity index is 1.73. The zero-order chi connectivity index (χ0) is 20.4. The maximum Gasteiger partial charge on any atom is 0.233 e. The molecule has 0 unspecified atom stereocenters. The highest BCUT2D eigenvalue weighted by molar-refractivity contribution is 7.22. The van der Waals surface area contributed by atoms with E-state index in [1.165, 1.54) is 5.56 Å². The first kappa shape index (κ1) is 19.6. The summed E-state index contributed by atoms with van der Waals surface area (Å²) in [5.41, 5.74) is 5.01. The van der Waals surface area contributed by atoms with Crippen LogP contribution in [-0.4, -0.2) is 15.9 Å². The fourth-order valence-corrected chi connectivity index (χ4v) is 4.55. The zero-order valence-corrected chi connectivity index (χ0v) is 17.8. The molecule has 0 bridgehead atoms. The summed E-state index contributed by atoms with van der Waals surface area (Å²) >= 11 is 7.83. The molecule has 0 radical (unpaired) electrons. The SMILES string of the molecule is Cc1cc(C)c2sc(N(Cc3cccnc3)C(=O)Cc3ccccc3Cl)nc2c1. The van der Waals surface area contributed by atoms with Gasteiger partial charge in [-0.25, -0.2) is 4.98 Å². The molecule has 2 aromatic carbocycles. The van der Waals surface area contributed by atoms with Gasteiger partial charge in [0.2, 0.25) is 5.91 Å². The van der Waals surface area contributed by atoms with Gasteiger partial charge in [0.1, 0.15) is 0 Å². The number of rotatable bonds is 5. The summed E-state index contributed by atoms with van der Waals surface area (Å²) in [6.07, 6.45) is 3.72. The molecule has 1 amide bonds. The number of carbonyl (C=O) groups is 1. The van der Waals surface area contributed by atoms with Crippen LogP contribution in [0.5, 0.6) is 0 Å². The van der Waals surface area contributed by atoms with Crippen LogP contribution < -0.4 is 4.90 Å². The van der Waals surface area contributed by atoms with Crippen molar-refractivity contribution in [2.45, 2.75) is 26.8 Å². The van der Waals surface area contributed by atoms with Crippen molar-refractivity contribution in [3.63, 3.8) is 0 Å². The van der Waals surface area contributed by atoms with Gasteiger partial charge in [0.25, 0.3) is 0 Å². The molecule has 0 atom stereocenters. The van der Waals surface area contributed by atoms with Gasteiger partial charge >= 0.3 is 0 Å². The van der Waals surface area contributed by atoms with Crippen molar-refractivity contribution in [2.24, 2.45) is 0 Å². The second-order valence-electron chi connectivity index (χ2n) is 7.04. The second-order valence-corrected chi connectivity index (χ2v) is 8.42. The number of nitrogens with zero attached hydrogens (tertiary/aromatic N) is 3. The Labute approximate surface area is 178 Å². The minimum atomic E-state index is -0.0459. The molecule has 4 aromatic rings. The van der Waals surface area contributed by atoms with Crippen LogP contribution in [0, 0.1) is 13.8 Å². The zero-order valence-electron chi connectivity index (χ0n) is 16.2. The monoisotopic (exact) mass is 421 g/mol. The highest BCUT2D eigenvalue weighted by atomic mass is 35.5. The lowest BCUT2D eigenvalue weighted by molar-refractivity contribution is -0.118. The van der Waals surface area contributed by atoms with Gasteiger partial charge in [0, 0.05) is 17.4 Å². The molecule has 146 valence electrons. The third kappa shape index (κ3) is 4.31. The van der Waals surface area contributed by atoms with Crippen LogP contribution in [0.25, 0.3) is 10.2 Å². The summed E-state index contributed by atoms with van der Waals surface area (Å²) in [7, 11) is 0. The molecule has 0 N–H and O–H groups in total. The Hall–Kier alpha value is -2.76. The van der Waals surface area contributed by atoms with Crippen LogP contribution in [0.4, 0.5) is 5.13 Å². The topological polar surface area (TPSA) is 46.1 Å². The number of aryl methyl sites for hydroxylation is 2. The van der Waals surface area contributed by atoms with Crippen molar-refractivity contribution in [3.05, 3.63) is 88.2 Å². The van der Waals surface area contributed by atoms with E-state index in [1.807, 2.05) is 30.3 Å². The standard InChI is InChI=1S/C23H20ClN3OS/c1-15-10-16(2)22-20(11-15)26-23(29-22)27(14-17-6-5-9-25-13-17)21(28)12-18-7-3-4-8-19(18)24/h3-11,13H,12,14H2,1-2H3. The minimum Gasteiger partial charge on any atom is -0.283 e. The summed E-state index contributed by atoms with van der Waals surface area (Å²) in [5, 5.41) is 1.28. The highest BCUT2D eigenvalue weighted by Gasteiger charge is 2.22. The lowest BCUT2D eigenvalue weighted by atomic mass is 10.1.